The van der Waals surface area contributed by atoms with Gasteiger partial charge in [-0.05, 0) is 6.92 Å². The van der Waals surface area contributed by atoms with Crippen LogP contribution in [0, 0.1) is 0 Å². The van der Waals surface area contributed by atoms with E-state index in [0.29, 0.717) is 18.8 Å². The van der Waals surface area contributed by atoms with Gasteiger partial charge in [0.1, 0.15) is 5.78 Å². The van der Waals surface area contributed by atoms with E-state index < -0.39 is 0 Å². The summed E-state index contributed by atoms with van der Waals surface area (Å²) in [5.74, 6) is 0.112. The Balaban J connectivity index is 3.43. The molecule has 16 heavy (non-hydrogen) atoms. The molecule has 0 aromatic carbocycles. The van der Waals surface area contributed by atoms with Crippen LogP contribution < -0.4 is 5.32 Å². The predicted molar refractivity (Wildman–Crippen MR) is 62.3 cm³/mol. The fraction of sp³-hybridized carbons (Fsp3) is 0.700. The molecule has 5 nitrogen and oxygen atoms in total. The fourth-order valence-corrected chi connectivity index (χ4v) is 1.53. The van der Waals surface area contributed by atoms with Crippen LogP contribution in [-0.4, -0.2) is 42.3 Å². The minimum atomic E-state index is -0.367. The fourth-order valence-electron chi connectivity index (χ4n) is 0.913. The van der Waals surface area contributed by atoms with Gasteiger partial charge in [0.2, 0.25) is 0 Å². The number of nitrogens with one attached hydrogen (secondary N) is 1. The van der Waals surface area contributed by atoms with Crippen molar-refractivity contribution in [2.24, 2.45) is 0 Å². The average Bonchev–Trinajstić information content (AvgIpc) is 2.17. The molecule has 0 aliphatic rings. The van der Waals surface area contributed by atoms with Gasteiger partial charge in [-0.15, -0.1) is 0 Å². The number of esters is 1. The second kappa shape index (κ2) is 9.35. The molecule has 0 radical (unpaired) electrons. The van der Waals surface area contributed by atoms with Gasteiger partial charge in [0.25, 0.3) is 0 Å². The van der Waals surface area contributed by atoms with Crippen molar-refractivity contribution in [1.82, 2.24) is 5.32 Å². The Hall–Kier alpha value is -0.880. The summed E-state index contributed by atoms with van der Waals surface area (Å²) in [7, 11) is 0. The van der Waals surface area contributed by atoms with Gasteiger partial charge in [-0.1, -0.05) is 11.8 Å². The summed E-state index contributed by atoms with van der Waals surface area (Å²) in [5, 5.41) is 2.70. The summed E-state index contributed by atoms with van der Waals surface area (Å²) in [6.45, 7) is 3.70. The number of Topliss-reactive ketones (excluding diaryl/α,β-unsaturated/α-hetero) is 1. The highest BCUT2D eigenvalue weighted by Crippen LogP contribution is 2.02. The van der Waals surface area contributed by atoms with E-state index in [1.165, 1.54) is 6.92 Å². The lowest BCUT2D eigenvalue weighted by atomic mass is 10.3. The van der Waals surface area contributed by atoms with E-state index in [1.54, 1.807) is 6.92 Å². The summed E-state index contributed by atoms with van der Waals surface area (Å²) in [6, 6.07) is 0. The van der Waals surface area contributed by atoms with Gasteiger partial charge in [0.05, 0.1) is 19.7 Å². The van der Waals surface area contributed by atoms with Crippen LogP contribution in [0.5, 0.6) is 0 Å². The van der Waals surface area contributed by atoms with E-state index in [1.807, 2.05) is 0 Å². The summed E-state index contributed by atoms with van der Waals surface area (Å²) in [5.41, 5.74) is 0. The van der Waals surface area contributed by atoms with Crippen molar-refractivity contribution in [2.75, 3.05) is 25.4 Å². The molecular weight excluding hydrogens is 230 g/mol. The maximum atomic E-state index is 11.2. The SMILES string of the molecule is CCOC(=O)CNCC(=O)CCSC(C)=O. The largest absolute Gasteiger partial charge is 0.465 e. The highest BCUT2D eigenvalue weighted by Gasteiger charge is 2.05. The van der Waals surface area contributed by atoms with Crippen LogP contribution in [0.1, 0.15) is 20.3 Å². The standard InChI is InChI=1S/C10H17NO4S/c1-3-15-10(14)7-11-6-9(13)4-5-16-8(2)12/h11H,3-7H2,1-2H3. The Morgan fingerprint density at radius 1 is 1.25 bits per heavy atom. The Labute approximate surface area is 99.3 Å². The first kappa shape index (κ1) is 15.1. The number of ether oxygens (including phenoxy) is 1. The first-order valence-corrected chi connectivity index (χ1v) is 6.06. The van der Waals surface area contributed by atoms with Gasteiger partial charge in [-0.3, -0.25) is 14.4 Å². The zero-order chi connectivity index (χ0) is 12.4. The van der Waals surface area contributed by atoms with Crippen LogP contribution in [0.2, 0.25) is 0 Å². The Morgan fingerprint density at radius 2 is 1.94 bits per heavy atom. The topological polar surface area (TPSA) is 72.5 Å². The van der Waals surface area contributed by atoms with Crippen molar-refractivity contribution in [3.63, 3.8) is 0 Å². The summed E-state index contributed by atoms with van der Waals surface area (Å²) >= 11 is 1.13. The molecule has 0 aromatic rings. The number of carbonyl (C=O) groups excluding carboxylic acids is 3. The monoisotopic (exact) mass is 247 g/mol. The maximum absolute atomic E-state index is 11.2. The van der Waals surface area contributed by atoms with Crippen LogP contribution in [0.15, 0.2) is 0 Å². The Kier molecular flexibility index (Phi) is 8.84. The number of carbonyl (C=O) groups is 3. The summed E-state index contributed by atoms with van der Waals surface area (Å²) in [6.07, 6.45) is 0.333. The zero-order valence-corrected chi connectivity index (χ0v) is 10.4. The van der Waals surface area contributed by atoms with Crippen LogP contribution in [0.4, 0.5) is 0 Å². The van der Waals surface area contributed by atoms with Crippen LogP contribution >= 0.6 is 11.8 Å². The molecule has 0 amide bonds. The van der Waals surface area contributed by atoms with Gasteiger partial charge in [0.15, 0.2) is 5.12 Å². The molecule has 0 rings (SSSR count). The number of thioether (sulfide) groups is 1. The van der Waals surface area contributed by atoms with Crippen molar-refractivity contribution in [1.29, 1.82) is 0 Å². The highest BCUT2D eigenvalue weighted by molar-refractivity contribution is 8.13. The van der Waals surface area contributed by atoms with E-state index in [4.69, 9.17) is 0 Å². The number of rotatable bonds is 8. The zero-order valence-electron chi connectivity index (χ0n) is 9.58. The third-order valence-electron chi connectivity index (χ3n) is 1.58. The molecule has 1 N–H and O–H groups in total. The van der Waals surface area contributed by atoms with Gasteiger partial charge >= 0.3 is 5.97 Å². The normalized spacial score (nSPS) is 9.88. The first-order valence-electron chi connectivity index (χ1n) is 5.07. The molecule has 0 fully saturated rings. The Bertz CT molecular complexity index is 255. The molecular formula is C10H17NO4S. The molecule has 0 saturated carbocycles. The lowest BCUT2D eigenvalue weighted by molar-refractivity contribution is -0.142. The second-order valence-corrected chi connectivity index (χ2v) is 4.31. The Morgan fingerprint density at radius 3 is 2.50 bits per heavy atom. The minimum Gasteiger partial charge on any atom is -0.465 e. The van der Waals surface area contributed by atoms with Gasteiger partial charge < -0.3 is 10.1 Å². The highest BCUT2D eigenvalue weighted by atomic mass is 32.2. The quantitative estimate of drug-likeness (QED) is 0.625. The molecule has 0 atom stereocenters. The number of ketones is 1. The number of hydrogen-bond donors (Lipinski definition) is 1. The predicted octanol–water partition coefficient (Wildman–Crippen LogP) is 0.378. The molecule has 0 aliphatic carbocycles. The molecule has 0 spiro atoms. The molecule has 0 saturated heterocycles. The lowest BCUT2D eigenvalue weighted by Crippen LogP contribution is -2.29. The minimum absolute atomic E-state index is 0.00674. The first-order chi connectivity index (χ1) is 7.56. The van der Waals surface area contributed by atoms with Gasteiger partial charge in [-0.25, -0.2) is 0 Å². The van der Waals surface area contributed by atoms with Crippen LogP contribution in [0.3, 0.4) is 0 Å². The van der Waals surface area contributed by atoms with Crippen LogP contribution in [-0.2, 0) is 19.1 Å². The third kappa shape index (κ3) is 9.67. The van der Waals surface area contributed by atoms with Crippen molar-refractivity contribution in [3.05, 3.63) is 0 Å². The van der Waals surface area contributed by atoms with E-state index in [0.717, 1.165) is 11.8 Å². The van der Waals surface area contributed by atoms with E-state index in [-0.39, 0.29) is 30.0 Å². The van der Waals surface area contributed by atoms with Gasteiger partial charge in [0, 0.05) is 19.1 Å². The van der Waals surface area contributed by atoms with Crippen molar-refractivity contribution >= 4 is 28.6 Å². The third-order valence-corrected chi connectivity index (χ3v) is 2.40. The summed E-state index contributed by atoms with van der Waals surface area (Å²) < 4.78 is 4.67. The molecule has 92 valence electrons. The summed E-state index contributed by atoms with van der Waals surface area (Å²) in [4.78, 5) is 32.7. The van der Waals surface area contributed by atoms with E-state index in [2.05, 4.69) is 10.1 Å². The van der Waals surface area contributed by atoms with Gasteiger partial charge in [-0.2, -0.15) is 0 Å². The van der Waals surface area contributed by atoms with Crippen molar-refractivity contribution < 1.29 is 19.1 Å². The molecule has 0 unspecified atom stereocenters. The van der Waals surface area contributed by atoms with Crippen molar-refractivity contribution in [3.8, 4) is 0 Å². The van der Waals surface area contributed by atoms with Crippen molar-refractivity contribution in [2.45, 2.75) is 20.3 Å². The molecule has 0 bridgehead atoms. The maximum Gasteiger partial charge on any atom is 0.319 e. The van der Waals surface area contributed by atoms with E-state index in [9.17, 15) is 14.4 Å². The lowest BCUT2D eigenvalue weighted by Gasteiger charge is -2.03. The van der Waals surface area contributed by atoms with Crippen LogP contribution in [0.25, 0.3) is 0 Å². The number of hydrogen-bond acceptors (Lipinski definition) is 6. The molecule has 0 heterocycles. The smallest absolute Gasteiger partial charge is 0.319 e. The second-order valence-electron chi connectivity index (χ2n) is 3.04. The molecule has 0 aromatic heterocycles. The molecule has 6 heteroatoms. The average molecular weight is 247 g/mol. The molecule has 0 aliphatic heterocycles. The van der Waals surface area contributed by atoms with E-state index >= 15 is 0 Å².